The Bertz CT molecular complexity index is 203. The molecule has 0 aromatic rings. The number of carbonyl (C=O) groups is 1. The average Bonchev–Trinajstić information content (AvgIpc) is 2.02. The average molecular weight is 168 g/mol. The molecule has 0 aromatic carbocycles. The van der Waals surface area contributed by atoms with E-state index >= 15 is 0 Å². The Morgan fingerprint density at radius 1 is 1.58 bits per heavy atom. The summed E-state index contributed by atoms with van der Waals surface area (Å²) in [7, 11) is 1.34. The molecular formula is C9H14NO2. The number of esters is 1. The van der Waals surface area contributed by atoms with Gasteiger partial charge in [0.1, 0.15) is 0 Å². The summed E-state index contributed by atoms with van der Waals surface area (Å²) < 4.78 is 4.52. The van der Waals surface area contributed by atoms with Gasteiger partial charge in [-0.25, -0.2) is 0 Å². The summed E-state index contributed by atoms with van der Waals surface area (Å²) in [6.45, 7) is 5.27. The Balaban J connectivity index is 4.11. The van der Waals surface area contributed by atoms with Crippen LogP contribution < -0.4 is 0 Å². The third kappa shape index (κ3) is 3.38. The molecule has 0 aliphatic carbocycles. The van der Waals surface area contributed by atoms with Crippen LogP contribution in [0.1, 0.15) is 27.2 Å². The highest BCUT2D eigenvalue weighted by molar-refractivity contribution is 5.83. The van der Waals surface area contributed by atoms with Crippen LogP contribution in [-0.4, -0.2) is 13.1 Å². The minimum atomic E-state index is -0.488. The summed E-state index contributed by atoms with van der Waals surface area (Å²) in [5.74, 6) is 0.252. The Kier molecular flexibility index (Phi) is 3.75. The lowest BCUT2D eigenvalue weighted by atomic mass is 9.85. The van der Waals surface area contributed by atoms with Crippen molar-refractivity contribution in [2.75, 3.05) is 7.11 Å². The lowest BCUT2D eigenvalue weighted by molar-refractivity contribution is -0.138. The molecule has 0 heterocycles. The highest BCUT2D eigenvalue weighted by Crippen LogP contribution is 2.25. The minimum absolute atomic E-state index is 0.335. The summed E-state index contributed by atoms with van der Waals surface area (Å²) >= 11 is 0. The molecule has 0 rings (SSSR count). The first-order chi connectivity index (χ1) is 5.43. The zero-order chi connectivity index (χ0) is 9.78. The molecule has 0 aromatic heterocycles. The fourth-order valence-corrected chi connectivity index (χ4v) is 0.949. The van der Waals surface area contributed by atoms with Gasteiger partial charge in [-0.3, -0.25) is 4.79 Å². The molecule has 0 amide bonds. The van der Waals surface area contributed by atoms with Gasteiger partial charge in [-0.1, -0.05) is 0 Å². The number of rotatable bonds is 3. The number of hydrogen-bond donors (Lipinski definition) is 0. The summed E-state index contributed by atoms with van der Waals surface area (Å²) in [6.07, 6.45) is 0.455. The van der Waals surface area contributed by atoms with Crippen molar-refractivity contribution in [2.45, 2.75) is 27.2 Å². The Morgan fingerprint density at radius 2 is 2.08 bits per heavy atom. The standard InChI is InChI=1S/C9H14NO2/c1-7(8(11)12-4)5-9(2,3)6-10/h5H2,1-4H3. The number of carbonyl (C=O) groups excluding carboxylic acids is 1. The molecule has 3 heteroatoms. The molecule has 0 saturated heterocycles. The topological polar surface area (TPSA) is 50.1 Å². The predicted molar refractivity (Wildman–Crippen MR) is 44.9 cm³/mol. The van der Waals surface area contributed by atoms with Crippen LogP contribution in [0.2, 0.25) is 0 Å². The molecule has 0 bridgehead atoms. The zero-order valence-corrected chi connectivity index (χ0v) is 7.97. The summed E-state index contributed by atoms with van der Waals surface area (Å²) in [5.41, 5.74) is -0.488. The highest BCUT2D eigenvalue weighted by atomic mass is 16.5. The van der Waals surface area contributed by atoms with Gasteiger partial charge in [0.25, 0.3) is 0 Å². The molecule has 0 fully saturated rings. The van der Waals surface area contributed by atoms with Crippen molar-refractivity contribution in [1.29, 1.82) is 5.26 Å². The second-order valence-electron chi connectivity index (χ2n) is 3.44. The van der Waals surface area contributed by atoms with Crippen molar-refractivity contribution in [3.63, 3.8) is 0 Å². The third-order valence-electron chi connectivity index (χ3n) is 1.54. The first-order valence-electron chi connectivity index (χ1n) is 3.75. The van der Waals surface area contributed by atoms with Crippen molar-refractivity contribution in [3.8, 4) is 6.07 Å². The van der Waals surface area contributed by atoms with Crippen LogP contribution in [0.25, 0.3) is 0 Å². The predicted octanol–water partition coefficient (Wildman–Crippen LogP) is 1.69. The van der Waals surface area contributed by atoms with E-state index in [0.29, 0.717) is 12.3 Å². The van der Waals surface area contributed by atoms with Crippen LogP contribution in [0, 0.1) is 22.7 Å². The molecule has 0 saturated carbocycles. The number of methoxy groups -OCH3 is 1. The number of hydrogen-bond acceptors (Lipinski definition) is 3. The maximum Gasteiger partial charge on any atom is 0.312 e. The van der Waals surface area contributed by atoms with Crippen LogP contribution in [-0.2, 0) is 9.53 Å². The van der Waals surface area contributed by atoms with Crippen molar-refractivity contribution in [1.82, 2.24) is 0 Å². The molecular weight excluding hydrogens is 154 g/mol. The molecule has 12 heavy (non-hydrogen) atoms. The first kappa shape index (κ1) is 11.0. The number of nitrogens with zero attached hydrogens (tertiary/aromatic N) is 1. The summed E-state index contributed by atoms with van der Waals surface area (Å²) in [5, 5.41) is 8.68. The van der Waals surface area contributed by atoms with Crippen LogP contribution in [0.3, 0.4) is 0 Å². The minimum Gasteiger partial charge on any atom is -0.469 e. The maximum atomic E-state index is 10.9. The second kappa shape index (κ2) is 4.10. The second-order valence-corrected chi connectivity index (χ2v) is 3.44. The van der Waals surface area contributed by atoms with E-state index in [2.05, 4.69) is 10.8 Å². The Morgan fingerprint density at radius 3 is 2.42 bits per heavy atom. The smallest absolute Gasteiger partial charge is 0.312 e. The highest BCUT2D eigenvalue weighted by Gasteiger charge is 2.25. The molecule has 0 unspecified atom stereocenters. The molecule has 0 aliphatic heterocycles. The van der Waals surface area contributed by atoms with Gasteiger partial charge in [-0.05, 0) is 27.2 Å². The normalized spacial score (nSPS) is 11.0. The molecule has 1 radical (unpaired) electrons. The van der Waals surface area contributed by atoms with E-state index in [0.717, 1.165) is 0 Å². The van der Waals surface area contributed by atoms with Gasteiger partial charge in [0.05, 0.1) is 24.5 Å². The first-order valence-corrected chi connectivity index (χ1v) is 3.75. The number of ether oxygens (including phenoxy) is 1. The van der Waals surface area contributed by atoms with Crippen molar-refractivity contribution < 1.29 is 9.53 Å². The van der Waals surface area contributed by atoms with Gasteiger partial charge in [-0.2, -0.15) is 5.26 Å². The molecule has 67 valence electrons. The van der Waals surface area contributed by atoms with Gasteiger partial charge in [0, 0.05) is 0 Å². The van der Waals surface area contributed by atoms with E-state index in [4.69, 9.17) is 5.26 Å². The molecule has 0 N–H and O–H groups in total. The van der Waals surface area contributed by atoms with E-state index < -0.39 is 5.41 Å². The Hall–Kier alpha value is -1.04. The monoisotopic (exact) mass is 168 g/mol. The molecule has 3 nitrogen and oxygen atoms in total. The number of nitriles is 1. The lowest BCUT2D eigenvalue weighted by Crippen LogP contribution is -2.19. The maximum absolute atomic E-state index is 10.9. The van der Waals surface area contributed by atoms with Gasteiger partial charge in [-0.15, -0.1) is 0 Å². The van der Waals surface area contributed by atoms with E-state index in [1.54, 1.807) is 20.8 Å². The van der Waals surface area contributed by atoms with Crippen molar-refractivity contribution in [2.24, 2.45) is 5.41 Å². The van der Waals surface area contributed by atoms with Gasteiger partial charge in [0.2, 0.25) is 0 Å². The van der Waals surface area contributed by atoms with Crippen LogP contribution in [0.15, 0.2) is 0 Å². The van der Waals surface area contributed by atoms with Crippen molar-refractivity contribution in [3.05, 3.63) is 5.92 Å². The van der Waals surface area contributed by atoms with E-state index in [-0.39, 0.29) is 5.97 Å². The third-order valence-corrected chi connectivity index (χ3v) is 1.54. The molecule has 0 aliphatic rings. The fourth-order valence-electron chi connectivity index (χ4n) is 0.949. The zero-order valence-electron chi connectivity index (χ0n) is 7.97. The largest absolute Gasteiger partial charge is 0.469 e. The van der Waals surface area contributed by atoms with Gasteiger partial charge in [0.15, 0.2) is 0 Å². The van der Waals surface area contributed by atoms with Crippen LogP contribution in [0.4, 0.5) is 0 Å². The fraction of sp³-hybridized carbons (Fsp3) is 0.667. The SMILES string of the molecule is COC(=O)[C](C)CC(C)(C)C#N. The molecule has 0 atom stereocenters. The molecule has 0 spiro atoms. The quantitative estimate of drug-likeness (QED) is 0.602. The van der Waals surface area contributed by atoms with E-state index in [1.807, 2.05) is 0 Å². The Labute approximate surface area is 73.3 Å². The summed E-state index contributed by atoms with van der Waals surface area (Å²) in [4.78, 5) is 10.9. The van der Waals surface area contributed by atoms with Crippen molar-refractivity contribution >= 4 is 5.97 Å². The van der Waals surface area contributed by atoms with Crippen LogP contribution in [0.5, 0.6) is 0 Å². The van der Waals surface area contributed by atoms with Gasteiger partial charge < -0.3 is 4.74 Å². The van der Waals surface area contributed by atoms with E-state index in [9.17, 15) is 4.79 Å². The summed E-state index contributed by atoms with van der Waals surface area (Å²) in [6, 6.07) is 2.12. The van der Waals surface area contributed by atoms with Gasteiger partial charge >= 0.3 is 5.97 Å². The van der Waals surface area contributed by atoms with E-state index in [1.165, 1.54) is 7.11 Å². The van der Waals surface area contributed by atoms with Crippen LogP contribution >= 0.6 is 0 Å². The lowest BCUT2D eigenvalue weighted by Gasteiger charge is -2.17.